The first-order valence-electron chi connectivity index (χ1n) is 10.1. The van der Waals surface area contributed by atoms with E-state index in [4.69, 9.17) is 0 Å². The number of anilines is 2. The van der Waals surface area contributed by atoms with Crippen molar-refractivity contribution in [2.24, 2.45) is 0 Å². The van der Waals surface area contributed by atoms with E-state index in [-0.39, 0.29) is 11.4 Å². The molecule has 1 N–H and O–H groups in total. The van der Waals surface area contributed by atoms with E-state index in [1.165, 1.54) is 11.1 Å². The Hall–Kier alpha value is -3.08. The molecule has 0 atom stereocenters. The third-order valence-electron chi connectivity index (χ3n) is 5.33. The number of nitrogens with zero attached hydrogens (tertiary/aromatic N) is 3. The topological polar surface area (TPSA) is 50.2 Å². The van der Waals surface area contributed by atoms with Crippen LogP contribution < -0.4 is 10.2 Å². The lowest BCUT2D eigenvalue weighted by molar-refractivity contribution is 0.102. The molecule has 0 bridgehead atoms. The summed E-state index contributed by atoms with van der Waals surface area (Å²) in [5.74, 6) is 0.600. The van der Waals surface area contributed by atoms with E-state index >= 15 is 0 Å². The van der Waals surface area contributed by atoms with Crippen molar-refractivity contribution in [1.82, 2.24) is 9.78 Å². The Labute approximate surface area is 172 Å². The first-order chi connectivity index (χ1) is 13.8. The average molecular weight is 389 g/mol. The highest BCUT2D eigenvalue weighted by molar-refractivity contribution is 6.04. The smallest absolute Gasteiger partial charge is 0.256 e. The van der Waals surface area contributed by atoms with Gasteiger partial charge in [0.05, 0.1) is 11.2 Å². The van der Waals surface area contributed by atoms with Crippen molar-refractivity contribution in [3.8, 4) is 0 Å². The first kappa shape index (κ1) is 19.2. The van der Waals surface area contributed by atoms with Crippen molar-refractivity contribution in [2.75, 3.05) is 16.8 Å². The molecular weight excluding hydrogens is 360 g/mol. The molecule has 0 saturated heterocycles. The zero-order valence-electron chi connectivity index (χ0n) is 17.6. The zero-order valence-corrected chi connectivity index (χ0v) is 17.6. The quantitative estimate of drug-likeness (QED) is 0.704. The number of carbonyl (C=O) groups is 1. The van der Waals surface area contributed by atoms with Gasteiger partial charge in [-0.15, -0.1) is 0 Å². The summed E-state index contributed by atoms with van der Waals surface area (Å²) >= 11 is 0. The van der Waals surface area contributed by atoms with E-state index in [9.17, 15) is 4.79 Å². The molecule has 4 rings (SSSR count). The van der Waals surface area contributed by atoms with Gasteiger partial charge in [-0.1, -0.05) is 24.3 Å². The van der Waals surface area contributed by atoms with Crippen LogP contribution in [-0.2, 0) is 18.5 Å². The SMILES string of the molecule is Cc1cc(NC(=O)c2ccc(N3CCc4ccccc4C3)cc2)n(C(C)(C)C)n1. The predicted molar refractivity (Wildman–Crippen MR) is 118 cm³/mol. The van der Waals surface area contributed by atoms with Crippen molar-refractivity contribution in [3.05, 3.63) is 77.0 Å². The van der Waals surface area contributed by atoms with Crippen LogP contribution in [0.3, 0.4) is 0 Å². The monoisotopic (exact) mass is 388 g/mol. The molecule has 1 aliphatic heterocycles. The summed E-state index contributed by atoms with van der Waals surface area (Å²) in [5, 5.41) is 7.53. The molecule has 0 aliphatic carbocycles. The number of hydrogen-bond acceptors (Lipinski definition) is 3. The molecule has 2 heterocycles. The maximum Gasteiger partial charge on any atom is 0.256 e. The van der Waals surface area contributed by atoms with Crippen LogP contribution in [-0.4, -0.2) is 22.2 Å². The van der Waals surface area contributed by atoms with Gasteiger partial charge in [-0.25, -0.2) is 4.68 Å². The molecule has 150 valence electrons. The number of fused-ring (bicyclic) bond motifs is 1. The predicted octanol–water partition coefficient (Wildman–Crippen LogP) is 4.76. The average Bonchev–Trinajstić information content (AvgIpc) is 3.08. The zero-order chi connectivity index (χ0) is 20.6. The summed E-state index contributed by atoms with van der Waals surface area (Å²) in [6, 6.07) is 18.4. The molecule has 0 unspecified atom stereocenters. The van der Waals surface area contributed by atoms with Gasteiger partial charge in [-0.3, -0.25) is 4.79 Å². The molecular formula is C24H28N4O. The number of nitrogens with one attached hydrogen (secondary N) is 1. The Bertz CT molecular complexity index is 1030. The molecule has 0 spiro atoms. The summed E-state index contributed by atoms with van der Waals surface area (Å²) in [7, 11) is 0. The van der Waals surface area contributed by atoms with E-state index < -0.39 is 0 Å². The first-order valence-corrected chi connectivity index (χ1v) is 10.1. The van der Waals surface area contributed by atoms with Gasteiger partial charge in [0, 0.05) is 30.4 Å². The lowest BCUT2D eigenvalue weighted by Gasteiger charge is -2.30. The summed E-state index contributed by atoms with van der Waals surface area (Å²) in [6.45, 7) is 10.0. The second kappa shape index (κ2) is 7.39. The second-order valence-corrected chi connectivity index (χ2v) is 8.69. The highest BCUT2D eigenvalue weighted by Gasteiger charge is 2.21. The summed E-state index contributed by atoms with van der Waals surface area (Å²) in [6.07, 6.45) is 1.05. The molecule has 0 fully saturated rings. The number of carbonyl (C=O) groups excluding carboxylic acids is 1. The number of amides is 1. The van der Waals surface area contributed by atoms with E-state index in [2.05, 4.69) is 60.4 Å². The Morgan fingerprint density at radius 1 is 1.03 bits per heavy atom. The van der Waals surface area contributed by atoms with Crippen molar-refractivity contribution < 1.29 is 4.79 Å². The normalized spacial score (nSPS) is 13.9. The van der Waals surface area contributed by atoms with Gasteiger partial charge in [0.1, 0.15) is 5.82 Å². The highest BCUT2D eigenvalue weighted by Crippen LogP contribution is 2.25. The van der Waals surface area contributed by atoms with E-state index in [0.29, 0.717) is 5.56 Å². The van der Waals surface area contributed by atoms with Crippen LogP contribution in [0.2, 0.25) is 0 Å². The highest BCUT2D eigenvalue weighted by atomic mass is 16.1. The largest absolute Gasteiger partial charge is 0.367 e. The van der Waals surface area contributed by atoms with Gasteiger partial charge >= 0.3 is 0 Å². The Morgan fingerprint density at radius 3 is 2.41 bits per heavy atom. The number of rotatable bonds is 3. The minimum Gasteiger partial charge on any atom is -0.367 e. The molecule has 1 aliphatic rings. The van der Waals surface area contributed by atoms with E-state index in [1.54, 1.807) is 0 Å². The fraction of sp³-hybridized carbons (Fsp3) is 0.333. The van der Waals surface area contributed by atoms with Crippen LogP contribution in [0.25, 0.3) is 0 Å². The van der Waals surface area contributed by atoms with Crippen LogP contribution in [0.15, 0.2) is 54.6 Å². The molecule has 0 saturated carbocycles. The number of hydrogen-bond donors (Lipinski definition) is 1. The summed E-state index contributed by atoms with van der Waals surface area (Å²) < 4.78 is 1.86. The fourth-order valence-corrected chi connectivity index (χ4v) is 3.83. The minimum absolute atomic E-state index is 0.120. The number of aromatic nitrogens is 2. The van der Waals surface area contributed by atoms with Gasteiger partial charge in [-0.05, 0) is 69.5 Å². The van der Waals surface area contributed by atoms with Crippen molar-refractivity contribution in [1.29, 1.82) is 0 Å². The molecule has 29 heavy (non-hydrogen) atoms. The summed E-state index contributed by atoms with van der Waals surface area (Å²) in [4.78, 5) is 15.2. The van der Waals surface area contributed by atoms with Gasteiger partial charge in [-0.2, -0.15) is 5.10 Å². The van der Waals surface area contributed by atoms with Gasteiger partial charge in [0.2, 0.25) is 0 Å². The molecule has 5 nitrogen and oxygen atoms in total. The third-order valence-corrected chi connectivity index (χ3v) is 5.33. The van der Waals surface area contributed by atoms with Crippen molar-refractivity contribution in [3.63, 3.8) is 0 Å². The van der Waals surface area contributed by atoms with Crippen molar-refractivity contribution in [2.45, 2.75) is 46.2 Å². The van der Waals surface area contributed by atoms with Crippen LogP contribution in [0, 0.1) is 6.92 Å². The van der Waals surface area contributed by atoms with Gasteiger partial charge in [0.25, 0.3) is 5.91 Å². The molecule has 5 heteroatoms. The maximum atomic E-state index is 12.8. The van der Waals surface area contributed by atoms with Crippen LogP contribution >= 0.6 is 0 Å². The lowest BCUT2D eigenvalue weighted by Crippen LogP contribution is -2.30. The third kappa shape index (κ3) is 4.04. The Kier molecular flexibility index (Phi) is 4.91. The Balaban J connectivity index is 1.48. The fourth-order valence-electron chi connectivity index (χ4n) is 3.83. The van der Waals surface area contributed by atoms with E-state index in [1.807, 2.05) is 41.9 Å². The molecule has 0 radical (unpaired) electrons. The number of benzene rings is 2. The summed E-state index contributed by atoms with van der Waals surface area (Å²) in [5.41, 5.74) is 5.29. The second-order valence-electron chi connectivity index (χ2n) is 8.69. The molecule has 1 amide bonds. The molecule has 1 aromatic heterocycles. The van der Waals surface area contributed by atoms with Gasteiger partial charge < -0.3 is 10.2 Å². The molecule has 2 aromatic carbocycles. The standard InChI is InChI=1S/C24H28N4O/c1-17-15-22(28(26-17)24(2,3)4)25-23(29)19-9-11-21(12-10-19)27-14-13-18-7-5-6-8-20(18)16-27/h5-12,15H,13-14,16H2,1-4H3,(H,25,29). The lowest BCUT2D eigenvalue weighted by atomic mass is 9.99. The van der Waals surface area contributed by atoms with Gasteiger partial charge in [0.15, 0.2) is 0 Å². The maximum absolute atomic E-state index is 12.8. The molecule has 3 aromatic rings. The van der Waals surface area contributed by atoms with Crippen LogP contribution in [0.4, 0.5) is 11.5 Å². The van der Waals surface area contributed by atoms with Crippen LogP contribution in [0.1, 0.15) is 48.0 Å². The number of aryl methyl sites for hydroxylation is 1. The minimum atomic E-state index is -0.203. The van der Waals surface area contributed by atoms with Crippen molar-refractivity contribution >= 4 is 17.4 Å². The Morgan fingerprint density at radius 2 is 1.72 bits per heavy atom. The van der Waals surface area contributed by atoms with Crippen LogP contribution in [0.5, 0.6) is 0 Å². The van der Waals surface area contributed by atoms with E-state index in [0.717, 1.165) is 36.7 Å².